The van der Waals surface area contributed by atoms with Crippen LogP contribution in [0.1, 0.15) is 5.82 Å². The van der Waals surface area contributed by atoms with E-state index in [1.807, 2.05) is 49.3 Å². The summed E-state index contributed by atoms with van der Waals surface area (Å²) in [6.45, 7) is 0.580. The van der Waals surface area contributed by atoms with Crippen molar-refractivity contribution in [3.05, 3.63) is 71.1 Å². The fourth-order valence-electron chi connectivity index (χ4n) is 2.80. The van der Waals surface area contributed by atoms with E-state index in [1.54, 1.807) is 29.5 Å². The predicted molar refractivity (Wildman–Crippen MR) is 106 cm³/mol. The highest BCUT2D eigenvalue weighted by molar-refractivity contribution is 7.17. The van der Waals surface area contributed by atoms with Crippen molar-refractivity contribution in [2.75, 3.05) is 14.1 Å². The number of pyridine rings is 1. The molecule has 3 aromatic heterocycles. The highest BCUT2D eigenvalue weighted by Gasteiger charge is 2.19. The molecule has 0 aliphatic heterocycles. The summed E-state index contributed by atoms with van der Waals surface area (Å²) in [6.07, 6.45) is 1.40. The Balaban J connectivity index is 1.89. The Kier molecular flexibility index (Phi) is 4.70. The average Bonchev–Trinajstić information content (AvgIpc) is 3.08. The lowest BCUT2D eigenvalue weighted by atomic mass is 10.1. The first-order chi connectivity index (χ1) is 13.1. The van der Waals surface area contributed by atoms with Gasteiger partial charge in [-0.05, 0) is 25.7 Å². The SMILES string of the molecule is CN(C)Cc1nc(Oc2cccc[n+]2[O-])c2c(-c3ccccc3)csc2n1. The Morgan fingerprint density at radius 3 is 2.59 bits per heavy atom. The van der Waals surface area contributed by atoms with Crippen LogP contribution >= 0.6 is 11.3 Å². The molecular weight excluding hydrogens is 360 g/mol. The Bertz CT molecular complexity index is 1080. The normalized spacial score (nSPS) is 11.2. The smallest absolute Gasteiger partial charge is 0.386 e. The monoisotopic (exact) mass is 378 g/mol. The lowest BCUT2D eigenvalue weighted by molar-refractivity contribution is -0.611. The first-order valence-corrected chi connectivity index (χ1v) is 9.34. The molecule has 7 heteroatoms. The standard InChI is InChI=1S/C20H18N4O2S/c1-23(2)12-16-21-19(26-17-10-6-7-11-24(17)25)18-15(13-27-20(18)22-16)14-8-4-3-5-9-14/h3-11,13H,12H2,1-2H3. The van der Waals surface area contributed by atoms with Crippen molar-refractivity contribution in [2.45, 2.75) is 6.54 Å². The second-order valence-corrected chi connectivity index (χ2v) is 7.20. The van der Waals surface area contributed by atoms with E-state index in [0.717, 1.165) is 21.3 Å². The Morgan fingerprint density at radius 2 is 1.85 bits per heavy atom. The van der Waals surface area contributed by atoms with Crippen molar-refractivity contribution in [3.8, 4) is 22.9 Å². The van der Waals surface area contributed by atoms with E-state index in [4.69, 9.17) is 4.74 Å². The van der Waals surface area contributed by atoms with Gasteiger partial charge in [0.05, 0.1) is 18.0 Å². The molecule has 0 aliphatic rings. The van der Waals surface area contributed by atoms with Gasteiger partial charge in [0.25, 0.3) is 0 Å². The van der Waals surface area contributed by atoms with Gasteiger partial charge in [0.15, 0.2) is 6.20 Å². The molecule has 1 aromatic carbocycles. The minimum Gasteiger partial charge on any atom is -0.616 e. The van der Waals surface area contributed by atoms with Crippen molar-refractivity contribution >= 4 is 21.6 Å². The Morgan fingerprint density at radius 1 is 1.07 bits per heavy atom. The molecule has 0 aliphatic carbocycles. The van der Waals surface area contributed by atoms with E-state index < -0.39 is 0 Å². The molecule has 6 nitrogen and oxygen atoms in total. The number of aromatic nitrogens is 3. The summed E-state index contributed by atoms with van der Waals surface area (Å²) < 4.78 is 6.64. The number of ether oxygens (including phenoxy) is 1. The van der Waals surface area contributed by atoms with E-state index in [9.17, 15) is 5.21 Å². The number of benzene rings is 1. The highest BCUT2D eigenvalue weighted by atomic mass is 32.1. The maximum atomic E-state index is 12.1. The Hall–Kier alpha value is -3.03. The third kappa shape index (κ3) is 3.60. The number of thiophene rings is 1. The molecule has 0 fully saturated rings. The van der Waals surface area contributed by atoms with Gasteiger partial charge in [0.1, 0.15) is 10.7 Å². The van der Waals surface area contributed by atoms with Crippen molar-refractivity contribution in [1.82, 2.24) is 14.9 Å². The van der Waals surface area contributed by atoms with Gasteiger partial charge in [-0.3, -0.25) is 0 Å². The molecule has 0 spiro atoms. The topological polar surface area (TPSA) is 65.2 Å². The molecule has 0 saturated heterocycles. The maximum Gasteiger partial charge on any atom is 0.386 e. The molecule has 0 N–H and O–H groups in total. The molecule has 3 heterocycles. The van der Waals surface area contributed by atoms with Gasteiger partial charge in [-0.15, -0.1) is 16.1 Å². The van der Waals surface area contributed by atoms with Crippen molar-refractivity contribution in [2.24, 2.45) is 0 Å². The summed E-state index contributed by atoms with van der Waals surface area (Å²) in [5, 5.41) is 14.9. The van der Waals surface area contributed by atoms with E-state index in [-0.39, 0.29) is 5.88 Å². The largest absolute Gasteiger partial charge is 0.616 e. The molecule has 0 bridgehead atoms. The molecule has 27 heavy (non-hydrogen) atoms. The van der Waals surface area contributed by atoms with Gasteiger partial charge in [-0.2, -0.15) is 4.98 Å². The summed E-state index contributed by atoms with van der Waals surface area (Å²) in [5.41, 5.74) is 2.05. The minimum absolute atomic E-state index is 0.179. The van der Waals surface area contributed by atoms with Crippen LogP contribution in [0, 0.1) is 5.21 Å². The van der Waals surface area contributed by atoms with Gasteiger partial charge in [0.2, 0.25) is 5.88 Å². The third-order valence-corrected chi connectivity index (χ3v) is 4.85. The van der Waals surface area contributed by atoms with Crippen molar-refractivity contribution in [3.63, 3.8) is 0 Å². The second-order valence-electron chi connectivity index (χ2n) is 6.35. The van der Waals surface area contributed by atoms with Gasteiger partial charge < -0.3 is 14.8 Å². The van der Waals surface area contributed by atoms with Crippen LogP contribution in [-0.2, 0) is 6.54 Å². The van der Waals surface area contributed by atoms with Crippen molar-refractivity contribution < 1.29 is 9.47 Å². The molecule has 0 amide bonds. The fourth-order valence-corrected chi connectivity index (χ4v) is 3.76. The first-order valence-electron chi connectivity index (χ1n) is 8.46. The number of hydrogen-bond donors (Lipinski definition) is 0. The van der Waals surface area contributed by atoms with Crippen LogP contribution in [0.15, 0.2) is 60.1 Å². The van der Waals surface area contributed by atoms with E-state index in [2.05, 4.69) is 15.3 Å². The molecule has 0 radical (unpaired) electrons. The number of nitrogens with zero attached hydrogens (tertiary/aromatic N) is 4. The zero-order valence-electron chi connectivity index (χ0n) is 15.0. The zero-order chi connectivity index (χ0) is 18.8. The maximum absolute atomic E-state index is 12.1. The van der Waals surface area contributed by atoms with Gasteiger partial charge in [-0.1, -0.05) is 30.3 Å². The summed E-state index contributed by atoms with van der Waals surface area (Å²) in [5.74, 6) is 1.23. The lowest BCUT2D eigenvalue weighted by Gasteiger charge is -2.11. The minimum atomic E-state index is 0.179. The quantitative estimate of drug-likeness (QED) is 0.390. The van der Waals surface area contributed by atoms with Gasteiger partial charge in [-0.25, -0.2) is 4.98 Å². The summed E-state index contributed by atoms with van der Waals surface area (Å²) in [6, 6.07) is 15.1. The summed E-state index contributed by atoms with van der Waals surface area (Å²) in [7, 11) is 3.92. The third-order valence-electron chi connectivity index (χ3n) is 3.98. The Labute approximate surface area is 160 Å². The van der Waals surface area contributed by atoms with Crippen LogP contribution in [0.25, 0.3) is 21.3 Å². The molecule has 0 saturated carbocycles. The van der Waals surface area contributed by atoms with Crippen LogP contribution in [0.5, 0.6) is 11.8 Å². The van der Waals surface area contributed by atoms with E-state index in [0.29, 0.717) is 23.0 Å². The number of fused-ring (bicyclic) bond motifs is 1. The molecule has 0 unspecified atom stereocenters. The van der Waals surface area contributed by atoms with Crippen molar-refractivity contribution in [1.29, 1.82) is 0 Å². The lowest BCUT2D eigenvalue weighted by Crippen LogP contribution is -2.27. The number of rotatable bonds is 5. The van der Waals surface area contributed by atoms with E-state index >= 15 is 0 Å². The van der Waals surface area contributed by atoms with Crippen LogP contribution in [-0.4, -0.2) is 29.0 Å². The average molecular weight is 378 g/mol. The van der Waals surface area contributed by atoms with Crippen LogP contribution in [0.2, 0.25) is 0 Å². The van der Waals surface area contributed by atoms with E-state index in [1.165, 1.54) is 6.20 Å². The first kappa shape index (κ1) is 17.4. The molecular formula is C20H18N4O2S. The van der Waals surface area contributed by atoms with Crippen LogP contribution in [0.3, 0.4) is 0 Å². The van der Waals surface area contributed by atoms with Gasteiger partial charge in [0, 0.05) is 17.0 Å². The second kappa shape index (κ2) is 7.30. The summed E-state index contributed by atoms with van der Waals surface area (Å²) in [4.78, 5) is 12.1. The molecule has 136 valence electrons. The van der Waals surface area contributed by atoms with Crippen LogP contribution < -0.4 is 9.47 Å². The zero-order valence-corrected chi connectivity index (χ0v) is 15.8. The molecule has 0 atom stereocenters. The molecule has 4 rings (SSSR count). The summed E-state index contributed by atoms with van der Waals surface area (Å²) >= 11 is 1.54. The predicted octanol–water partition coefficient (Wildman–Crippen LogP) is 3.85. The van der Waals surface area contributed by atoms with Crippen LogP contribution in [0.4, 0.5) is 0 Å². The van der Waals surface area contributed by atoms with Gasteiger partial charge >= 0.3 is 5.88 Å². The number of hydrogen-bond acceptors (Lipinski definition) is 6. The highest BCUT2D eigenvalue weighted by Crippen LogP contribution is 2.39. The fraction of sp³-hybridized carbons (Fsp3) is 0.150. The molecule has 4 aromatic rings.